The molecule has 1 amide bonds. The Labute approximate surface area is 143 Å². The molecule has 0 spiro atoms. The van der Waals surface area contributed by atoms with Gasteiger partial charge >= 0.3 is 6.09 Å². The Morgan fingerprint density at radius 2 is 2.04 bits per heavy atom. The lowest BCUT2D eigenvalue weighted by Crippen LogP contribution is -2.47. The number of piperidine rings is 1. The number of ether oxygens (including phenoxy) is 2. The largest absolute Gasteiger partial charge is 0.481 e. The summed E-state index contributed by atoms with van der Waals surface area (Å²) in [4.78, 5) is 13.7. The second-order valence-electron chi connectivity index (χ2n) is 6.95. The standard InChI is InChI=1S/C19H25NO4/c1-5-12-23-15-8-6-14(7-9-15)16-10-11-20(13-17(16)21)18(22)24-19(2,3)4/h1,6-9,16-17,21H,10-13H2,2-4H3. The van der Waals surface area contributed by atoms with E-state index in [0.717, 1.165) is 5.56 Å². The number of aliphatic hydroxyl groups excluding tert-OH is 1. The topological polar surface area (TPSA) is 59.0 Å². The number of amides is 1. The summed E-state index contributed by atoms with van der Waals surface area (Å²) in [6.07, 6.45) is 4.85. The van der Waals surface area contributed by atoms with Crippen LogP contribution in [0.25, 0.3) is 0 Å². The molecule has 1 N–H and O–H groups in total. The van der Waals surface area contributed by atoms with E-state index in [-0.39, 0.29) is 25.2 Å². The molecule has 1 saturated heterocycles. The van der Waals surface area contributed by atoms with E-state index in [1.165, 1.54) is 0 Å². The van der Waals surface area contributed by atoms with E-state index >= 15 is 0 Å². The normalized spacial score (nSPS) is 21.0. The number of β-amino-alcohol motifs (C(OH)–C–C–N with tert-alkyl or cyclic N) is 1. The molecule has 5 nitrogen and oxygen atoms in total. The number of nitrogens with zero attached hydrogens (tertiary/aromatic N) is 1. The molecule has 0 saturated carbocycles. The molecule has 2 rings (SSSR count). The van der Waals surface area contributed by atoms with Crippen molar-refractivity contribution >= 4 is 6.09 Å². The van der Waals surface area contributed by atoms with Gasteiger partial charge in [-0.05, 0) is 44.9 Å². The fourth-order valence-electron chi connectivity index (χ4n) is 2.75. The van der Waals surface area contributed by atoms with Crippen molar-refractivity contribution < 1.29 is 19.4 Å². The van der Waals surface area contributed by atoms with E-state index in [4.69, 9.17) is 15.9 Å². The lowest BCUT2D eigenvalue weighted by Gasteiger charge is -2.36. The molecular formula is C19H25NO4. The van der Waals surface area contributed by atoms with Gasteiger partial charge in [0.15, 0.2) is 0 Å². The lowest BCUT2D eigenvalue weighted by molar-refractivity contribution is -0.00152. The van der Waals surface area contributed by atoms with Gasteiger partial charge in [0, 0.05) is 12.5 Å². The molecule has 1 heterocycles. The Balaban J connectivity index is 1.96. The van der Waals surface area contributed by atoms with Gasteiger partial charge in [-0.2, -0.15) is 0 Å². The minimum Gasteiger partial charge on any atom is -0.481 e. The summed E-state index contributed by atoms with van der Waals surface area (Å²) >= 11 is 0. The van der Waals surface area contributed by atoms with E-state index in [1.807, 2.05) is 45.0 Å². The quantitative estimate of drug-likeness (QED) is 0.865. The van der Waals surface area contributed by atoms with E-state index < -0.39 is 11.7 Å². The van der Waals surface area contributed by atoms with Crippen molar-refractivity contribution in [3.63, 3.8) is 0 Å². The average Bonchev–Trinajstić information content (AvgIpc) is 2.52. The minimum absolute atomic E-state index is 0.00892. The third-order valence-corrected chi connectivity index (χ3v) is 3.86. The number of hydrogen-bond acceptors (Lipinski definition) is 4. The number of hydrogen-bond donors (Lipinski definition) is 1. The third kappa shape index (κ3) is 4.90. The van der Waals surface area contributed by atoms with Crippen molar-refractivity contribution in [2.45, 2.75) is 44.8 Å². The van der Waals surface area contributed by atoms with Gasteiger partial charge < -0.3 is 19.5 Å². The van der Waals surface area contributed by atoms with Gasteiger partial charge in [0.25, 0.3) is 0 Å². The first-order chi connectivity index (χ1) is 11.3. The maximum atomic E-state index is 12.1. The summed E-state index contributed by atoms with van der Waals surface area (Å²) in [6.45, 7) is 6.56. The Bertz CT molecular complexity index is 597. The summed E-state index contributed by atoms with van der Waals surface area (Å²) in [7, 11) is 0. The molecule has 1 aromatic rings. The zero-order chi connectivity index (χ0) is 17.7. The van der Waals surface area contributed by atoms with Crippen molar-refractivity contribution in [3.05, 3.63) is 29.8 Å². The number of likely N-dealkylation sites (tertiary alicyclic amines) is 1. The van der Waals surface area contributed by atoms with Crippen LogP contribution >= 0.6 is 0 Å². The molecule has 0 radical (unpaired) electrons. The van der Waals surface area contributed by atoms with Crippen LogP contribution in [0.5, 0.6) is 5.75 Å². The van der Waals surface area contributed by atoms with E-state index in [2.05, 4.69) is 5.92 Å². The van der Waals surface area contributed by atoms with Gasteiger partial charge in [0.2, 0.25) is 0 Å². The summed E-state index contributed by atoms with van der Waals surface area (Å²) in [5, 5.41) is 10.4. The molecule has 24 heavy (non-hydrogen) atoms. The molecule has 5 heteroatoms. The molecule has 130 valence electrons. The highest BCUT2D eigenvalue weighted by Crippen LogP contribution is 2.30. The number of carbonyl (C=O) groups excluding carboxylic acids is 1. The predicted octanol–water partition coefficient (Wildman–Crippen LogP) is 2.78. The summed E-state index contributed by atoms with van der Waals surface area (Å²) in [5.41, 5.74) is 0.493. The van der Waals surface area contributed by atoms with Crippen LogP contribution in [0.4, 0.5) is 4.79 Å². The van der Waals surface area contributed by atoms with Crippen LogP contribution in [-0.4, -0.2) is 47.5 Å². The fraction of sp³-hybridized carbons (Fsp3) is 0.526. The lowest BCUT2D eigenvalue weighted by atomic mass is 9.87. The Morgan fingerprint density at radius 3 is 2.58 bits per heavy atom. The monoisotopic (exact) mass is 331 g/mol. The van der Waals surface area contributed by atoms with Crippen LogP contribution in [0.15, 0.2) is 24.3 Å². The zero-order valence-corrected chi connectivity index (χ0v) is 14.5. The first-order valence-electron chi connectivity index (χ1n) is 8.12. The predicted molar refractivity (Wildman–Crippen MR) is 91.9 cm³/mol. The van der Waals surface area contributed by atoms with Crippen LogP contribution in [0.3, 0.4) is 0 Å². The summed E-state index contributed by atoms with van der Waals surface area (Å²) in [6, 6.07) is 7.56. The number of rotatable bonds is 3. The maximum absolute atomic E-state index is 12.1. The van der Waals surface area contributed by atoms with Gasteiger partial charge in [-0.3, -0.25) is 0 Å². The van der Waals surface area contributed by atoms with Crippen molar-refractivity contribution in [2.75, 3.05) is 19.7 Å². The van der Waals surface area contributed by atoms with Crippen LogP contribution in [0.2, 0.25) is 0 Å². The summed E-state index contributed by atoms with van der Waals surface area (Å²) < 4.78 is 10.7. The van der Waals surface area contributed by atoms with Gasteiger partial charge in [0.05, 0.1) is 12.6 Å². The van der Waals surface area contributed by atoms with Crippen LogP contribution in [-0.2, 0) is 4.74 Å². The smallest absolute Gasteiger partial charge is 0.410 e. The molecular weight excluding hydrogens is 306 g/mol. The average molecular weight is 331 g/mol. The molecule has 1 aliphatic rings. The maximum Gasteiger partial charge on any atom is 0.410 e. The number of terminal acetylenes is 1. The molecule has 2 atom stereocenters. The van der Waals surface area contributed by atoms with Crippen molar-refractivity contribution in [1.29, 1.82) is 0 Å². The van der Waals surface area contributed by atoms with Crippen molar-refractivity contribution in [3.8, 4) is 18.1 Å². The highest BCUT2D eigenvalue weighted by Gasteiger charge is 2.33. The highest BCUT2D eigenvalue weighted by molar-refractivity contribution is 5.68. The second-order valence-corrected chi connectivity index (χ2v) is 6.95. The van der Waals surface area contributed by atoms with Crippen LogP contribution in [0.1, 0.15) is 38.7 Å². The number of aliphatic hydroxyl groups is 1. The molecule has 2 unspecified atom stereocenters. The third-order valence-electron chi connectivity index (χ3n) is 3.86. The summed E-state index contributed by atoms with van der Waals surface area (Å²) in [5.74, 6) is 3.12. The number of carbonyl (C=O) groups is 1. The van der Waals surface area contributed by atoms with Gasteiger partial charge in [-0.1, -0.05) is 18.1 Å². The van der Waals surface area contributed by atoms with E-state index in [9.17, 15) is 9.90 Å². The van der Waals surface area contributed by atoms with Crippen LogP contribution < -0.4 is 4.74 Å². The van der Waals surface area contributed by atoms with Gasteiger partial charge in [-0.15, -0.1) is 6.42 Å². The van der Waals surface area contributed by atoms with Crippen molar-refractivity contribution in [1.82, 2.24) is 4.90 Å². The van der Waals surface area contributed by atoms with Gasteiger partial charge in [-0.25, -0.2) is 4.79 Å². The Morgan fingerprint density at radius 1 is 1.38 bits per heavy atom. The number of benzene rings is 1. The first-order valence-corrected chi connectivity index (χ1v) is 8.12. The van der Waals surface area contributed by atoms with Gasteiger partial charge in [0.1, 0.15) is 18.0 Å². The second kappa shape index (κ2) is 7.59. The molecule has 0 bridgehead atoms. The Kier molecular flexibility index (Phi) is 5.74. The highest BCUT2D eigenvalue weighted by atomic mass is 16.6. The van der Waals surface area contributed by atoms with Crippen LogP contribution in [0, 0.1) is 12.3 Å². The first kappa shape index (κ1) is 18.2. The fourth-order valence-corrected chi connectivity index (χ4v) is 2.75. The minimum atomic E-state index is -0.622. The van der Waals surface area contributed by atoms with E-state index in [0.29, 0.717) is 18.7 Å². The zero-order valence-electron chi connectivity index (χ0n) is 14.5. The SMILES string of the molecule is C#CCOc1ccc(C2CCN(C(=O)OC(C)(C)C)CC2O)cc1. The molecule has 1 aromatic carbocycles. The molecule has 1 aliphatic heterocycles. The molecule has 0 aliphatic carbocycles. The van der Waals surface area contributed by atoms with E-state index in [1.54, 1.807) is 4.90 Å². The van der Waals surface area contributed by atoms with Crippen molar-refractivity contribution in [2.24, 2.45) is 0 Å². The molecule has 0 aromatic heterocycles. The molecule has 1 fully saturated rings. The Hall–Kier alpha value is -2.19.